The number of amides is 2. The van der Waals surface area contributed by atoms with Crippen molar-refractivity contribution in [2.24, 2.45) is 0 Å². The number of hydrogen-bond acceptors (Lipinski definition) is 3. The quantitative estimate of drug-likeness (QED) is 0.783. The SMILES string of the molecule is O=C(Nc1ccc(C(=O)N2CCCC2)cc1)c1ccc(SC(F)F)cc1. The summed E-state index contributed by atoms with van der Waals surface area (Å²) in [5, 5.41) is 2.74. The molecule has 0 radical (unpaired) electrons. The number of hydrogen-bond donors (Lipinski definition) is 1. The zero-order chi connectivity index (χ0) is 18.5. The van der Waals surface area contributed by atoms with Crippen LogP contribution in [0, 0.1) is 0 Å². The number of likely N-dealkylation sites (tertiary alicyclic amines) is 1. The first-order chi connectivity index (χ1) is 12.5. The van der Waals surface area contributed by atoms with E-state index >= 15 is 0 Å². The molecule has 1 aliphatic heterocycles. The van der Waals surface area contributed by atoms with E-state index in [0.717, 1.165) is 25.9 Å². The molecule has 136 valence electrons. The molecule has 1 fully saturated rings. The van der Waals surface area contributed by atoms with Gasteiger partial charge in [-0.1, -0.05) is 11.8 Å². The van der Waals surface area contributed by atoms with Crippen molar-refractivity contribution in [3.05, 3.63) is 59.7 Å². The van der Waals surface area contributed by atoms with E-state index in [1.165, 1.54) is 24.3 Å². The van der Waals surface area contributed by atoms with E-state index in [-0.39, 0.29) is 11.8 Å². The molecule has 1 heterocycles. The molecule has 4 nitrogen and oxygen atoms in total. The number of rotatable bonds is 5. The first-order valence-electron chi connectivity index (χ1n) is 8.28. The molecule has 2 aromatic carbocycles. The highest BCUT2D eigenvalue weighted by Crippen LogP contribution is 2.25. The third-order valence-corrected chi connectivity index (χ3v) is 4.85. The van der Waals surface area contributed by atoms with Gasteiger partial charge in [-0.25, -0.2) is 0 Å². The third kappa shape index (κ3) is 4.60. The fraction of sp³-hybridized carbons (Fsp3) is 0.263. The van der Waals surface area contributed by atoms with Crippen molar-refractivity contribution in [3.63, 3.8) is 0 Å². The number of halogens is 2. The van der Waals surface area contributed by atoms with Gasteiger partial charge in [-0.2, -0.15) is 8.78 Å². The summed E-state index contributed by atoms with van der Waals surface area (Å²) in [6.45, 7) is 1.58. The minimum Gasteiger partial charge on any atom is -0.339 e. The summed E-state index contributed by atoms with van der Waals surface area (Å²) in [7, 11) is 0. The van der Waals surface area contributed by atoms with E-state index < -0.39 is 5.76 Å². The summed E-state index contributed by atoms with van der Waals surface area (Å²) in [6.07, 6.45) is 2.07. The average Bonchev–Trinajstić information content (AvgIpc) is 3.16. The van der Waals surface area contributed by atoms with Crippen molar-refractivity contribution in [2.75, 3.05) is 18.4 Å². The van der Waals surface area contributed by atoms with Crippen molar-refractivity contribution in [2.45, 2.75) is 23.5 Å². The van der Waals surface area contributed by atoms with Crippen LogP contribution in [0.15, 0.2) is 53.4 Å². The van der Waals surface area contributed by atoms with Crippen molar-refractivity contribution < 1.29 is 18.4 Å². The molecule has 1 saturated heterocycles. The molecule has 7 heteroatoms. The van der Waals surface area contributed by atoms with E-state index in [1.807, 2.05) is 4.90 Å². The second-order valence-electron chi connectivity index (χ2n) is 5.93. The van der Waals surface area contributed by atoms with Gasteiger partial charge in [0.1, 0.15) is 0 Å². The highest BCUT2D eigenvalue weighted by molar-refractivity contribution is 7.99. The van der Waals surface area contributed by atoms with Gasteiger partial charge in [0.05, 0.1) is 0 Å². The summed E-state index contributed by atoms with van der Waals surface area (Å²) in [4.78, 5) is 26.8. The molecule has 0 unspecified atom stereocenters. The van der Waals surface area contributed by atoms with Crippen molar-refractivity contribution in [1.29, 1.82) is 0 Å². The van der Waals surface area contributed by atoms with Crippen LogP contribution in [-0.2, 0) is 0 Å². The molecule has 0 aromatic heterocycles. The summed E-state index contributed by atoms with van der Waals surface area (Å²) in [6, 6.07) is 12.7. The van der Waals surface area contributed by atoms with Crippen LogP contribution in [0.5, 0.6) is 0 Å². The number of anilines is 1. The highest BCUT2D eigenvalue weighted by Gasteiger charge is 2.19. The fourth-order valence-electron chi connectivity index (χ4n) is 2.79. The van der Waals surface area contributed by atoms with Gasteiger partial charge in [0, 0.05) is 34.8 Å². The molecule has 1 N–H and O–H groups in total. The Morgan fingerprint density at radius 1 is 0.923 bits per heavy atom. The topological polar surface area (TPSA) is 49.4 Å². The maximum Gasteiger partial charge on any atom is 0.288 e. The first kappa shape index (κ1) is 18.4. The van der Waals surface area contributed by atoms with Gasteiger partial charge < -0.3 is 10.2 Å². The van der Waals surface area contributed by atoms with Crippen LogP contribution in [0.2, 0.25) is 0 Å². The number of alkyl halides is 2. The minimum absolute atomic E-state index is 0.00694. The predicted octanol–water partition coefficient (Wildman–Crippen LogP) is 4.49. The standard InChI is InChI=1S/C19H18F2N2O2S/c20-19(21)26-16-9-5-13(6-10-16)17(24)22-15-7-3-14(4-8-15)18(25)23-11-1-2-12-23/h3-10,19H,1-2,11-12H2,(H,22,24). The summed E-state index contributed by atoms with van der Waals surface area (Å²) < 4.78 is 24.6. The summed E-state index contributed by atoms with van der Waals surface area (Å²) >= 11 is 0.437. The monoisotopic (exact) mass is 376 g/mol. The van der Waals surface area contributed by atoms with Crippen LogP contribution in [-0.4, -0.2) is 35.6 Å². The van der Waals surface area contributed by atoms with Crippen LogP contribution in [0.4, 0.5) is 14.5 Å². The second-order valence-corrected chi connectivity index (χ2v) is 7.00. The van der Waals surface area contributed by atoms with Crippen molar-refractivity contribution in [3.8, 4) is 0 Å². The van der Waals surface area contributed by atoms with Crippen molar-refractivity contribution >= 4 is 29.3 Å². The molecule has 0 aliphatic carbocycles. The fourth-order valence-corrected chi connectivity index (χ4v) is 3.29. The van der Waals surface area contributed by atoms with E-state index in [1.54, 1.807) is 24.3 Å². The Labute approximate surface area is 154 Å². The zero-order valence-corrected chi connectivity index (χ0v) is 14.8. The van der Waals surface area contributed by atoms with Crippen LogP contribution in [0.3, 0.4) is 0 Å². The van der Waals surface area contributed by atoms with Gasteiger partial charge in [0.25, 0.3) is 17.6 Å². The molecular formula is C19H18F2N2O2S. The van der Waals surface area contributed by atoms with Crippen LogP contribution in [0.1, 0.15) is 33.6 Å². The van der Waals surface area contributed by atoms with E-state index in [9.17, 15) is 18.4 Å². The number of carbonyl (C=O) groups is 2. The largest absolute Gasteiger partial charge is 0.339 e. The Balaban J connectivity index is 1.61. The number of carbonyl (C=O) groups excluding carboxylic acids is 2. The van der Waals surface area contributed by atoms with Gasteiger partial charge >= 0.3 is 0 Å². The zero-order valence-electron chi connectivity index (χ0n) is 14.0. The lowest BCUT2D eigenvalue weighted by Crippen LogP contribution is -2.27. The number of nitrogens with zero attached hydrogens (tertiary/aromatic N) is 1. The lowest BCUT2D eigenvalue weighted by Gasteiger charge is -2.15. The van der Waals surface area contributed by atoms with Crippen LogP contribution < -0.4 is 5.32 Å². The number of nitrogens with one attached hydrogen (secondary N) is 1. The molecule has 0 spiro atoms. The lowest BCUT2D eigenvalue weighted by atomic mass is 10.1. The molecule has 0 bridgehead atoms. The molecule has 2 amide bonds. The summed E-state index contributed by atoms with van der Waals surface area (Å²) in [5.74, 6) is -2.82. The maximum absolute atomic E-state index is 12.3. The Morgan fingerprint density at radius 2 is 1.50 bits per heavy atom. The Bertz CT molecular complexity index is 773. The normalized spacial score (nSPS) is 13.9. The van der Waals surface area contributed by atoms with E-state index in [4.69, 9.17) is 0 Å². The van der Waals surface area contributed by atoms with Gasteiger partial charge in [-0.3, -0.25) is 9.59 Å². The van der Waals surface area contributed by atoms with Crippen LogP contribution in [0.25, 0.3) is 0 Å². The van der Waals surface area contributed by atoms with Crippen LogP contribution >= 0.6 is 11.8 Å². The molecule has 3 rings (SSSR count). The Kier molecular flexibility index (Phi) is 5.88. The molecule has 0 atom stereocenters. The average molecular weight is 376 g/mol. The Hall–Kier alpha value is -2.41. The summed E-state index contributed by atoms with van der Waals surface area (Å²) in [5.41, 5.74) is 1.54. The molecule has 1 aliphatic rings. The second kappa shape index (κ2) is 8.31. The third-order valence-electron chi connectivity index (χ3n) is 4.12. The van der Waals surface area contributed by atoms with Gasteiger partial charge in [0.15, 0.2) is 0 Å². The van der Waals surface area contributed by atoms with E-state index in [2.05, 4.69) is 5.32 Å². The number of thioether (sulfide) groups is 1. The first-order valence-corrected chi connectivity index (χ1v) is 9.16. The van der Waals surface area contributed by atoms with Gasteiger partial charge in [-0.05, 0) is 61.4 Å². The maximum atomic E-state index is 12.3. The Morgan fingerprint density at radius 3 is 2.08 bits per heavy atom. The molecular weight excluding hydrogens is 358 g/mol. The smallest absolute Gasteiger partial charge is 0.288 e. The van der Waals surface area contributed by atoms with Gasteiger partial charge in [-0.15, -0.1) is 0 Å². The minimum atomic E-state index is -2.49. The molecule has 0 saturated carbocycles. The van der Waals surface area contributed by atoms with Gasteiger partial charge in [0.2, 0.25) is 0 Å². The lowest BCUT2D eigenvalue weighted by molar-refractivity contribution is 0.0792. The molecule has 2 aromatic rings. The predicted molar refractivity (Wildman–Crippen MR) is 97.8 cm³/mol. The van der Waals surface area contributed by atoms with Crippen molar-refractivity contribution in [1.82, 2.24) is 4.90 Å². The highest BCUT2D eigenvalue weighted by atomic mass is 32.2. The number of benzene rings is 2. The van der Waals surface area contributed by atoms with E-state index in [0.29, 0.717) is 33.5 Å². The molecule has 26 heavy (non-hydrogen) atoms.